The van der Waals surface area contributed by atoms with Gasteiger partial charge >= 0.3 is 0 Å². The highest BCUT2D eigenvalue weighted by molar-refractivity contribution is 6.42. The van der Waals surface area contributed by atoms with Crippen LogP contribution in [0.1, 0.15) is 23.2 Å². The van der Waals surface area contributed by atoms with Crippen molar-refractivity contribution in [2.45, 2.75) is 25.0 Å². The molecule has 2 aromatic carbocycles. The molecule has 0 spiro atoms. The molecule has 0 radical (unpaired) electrons. The van der Waals surface area contributed by atoms with Crippen LogP contribution >= 0.6 is 23.2 Å². The van der Waals surface area contributed by atoms with E-state index in [4.69, 9.17) is 27.9 Å². The summed E-state index contributed by atoms with van der Waals surface area (Å²) in [5.74, 6) is 0.533. The number of halogens is 2. The van der Waals surface area contributed by atoms with Crippen LogP contribution in [-0.2, 0) is 0 Å². The van der Waals surface area contributed by atoms with E-state index in [1.54, 1.807) is 18.2 Å². The van der Waals surface area contributed by atoms with E-state index in [0.29, 0.717) is 27.9 Å². The molecule has 0 aliphatic carbocycles. The average Bonchev–Trinajstić information content (AvgIpc) is 2.76. The normalized spacial score (nSPS) is 16.0. The Labute approximate surface area is 193 Å². The van der Waals surface area contributed by atoms with Gasteiger partial charge < -0.3 is 25.0 Å². The number of anilines is 1. The Kier molecular flexibility index (Phi) is 8.43. The Morgan fingerprint density at radius 1 is 1.19 bits per heavy atom. The van der Waals surface area contributed by atoms with E-state index >= 15 is 0 Å². The van der Waals surface area contributed by atoms with Gasteiger partial charge in [-0.2, -0.15) is 0 Å². The number of aliphatic hydroxyl groups excluding tert-OH is 1. The van der Waals surface area contributed by atoms with E-state index < -0.39 is 6.10 Å². The van der Waals surface area contributed by atoms with Crippen molar-refractivity contribution in [2.24, 2.45) is 0 Å². The molecule has 1 heterocycles. The summed E-state index contributed by atoms with van der Waals surface area (Å²) >= 11 is 12.0. The van der Waals surface area contributed by atoms with Crippen LogP contribution in [0.4, 0.5) is 5.69 Å². The van der Waals surface area contributed by atoms with Crippen LogP contribution < -0.4 is 15.0 Å². The van der Waals surface area contributed by atoms with Crippen LogP contribution in [0.2, 0.25) is 10.0 Å². The minimum Gasteiger partial charge on any atom is -0.490 e. The van der Waals surface area contributed by atoms with Gasteiger partial charge in [0.15, 0.2) is 0 Å². The first kappa shape index (κ1) is 23.7. The Bertz CT molecular complexity index is 886. The quantitative estimate of drug-likeness (QED) is 0.622. The molecular formula is C23H29Cl2N3O3. The van der Waals surface area contributed by atoms with Gasteiger partial charge in [0, 0.05) is 57.6 Å². The lowest BCUT2D eigenvalue weighted by atomic mass is 10.1. The van der Waals surface area contributed by atoms with Gasteiger partial charge in [-0.3, -0.25) is 4.79 Å². The van der Waals surface area contributed by atoms with Crippen molar-refractivity contribution in [3.05, 3.63) is 58.1 Å². The molecule has 3 rings (SSSR count). The molecule has 0 saturated carbocycles. The van der Waals surface area contributed by atoms with Gasteiger partial charge in [0.2, 0.25) is 0 Å². The first-order chi connectivity index (χ1) is 14.8. The van der Waals surface area contributed by atoms with E-state index in [-0.39, 0.29) is 18.6 Å². The molecule has 31 heavy (non-hydrogen) atoms. The van der Waals surface area contributed by atoms with Crippen molar-refractivity contribution in [1.82, 2.24) is 10.2 Å². The number of aliphatic hydroxyl groups is 1. The van der Waals surface area contributed by atoms with E-state index in [1.165, 1.54) is 0 Å². The minimum absolute atomic E-state index is 0.106. The summed E-state index contributed by atoms with van der Waals surface area (Å²) in [5, 5.41) is 14.2. The molecule has 2 aromatic rings. The third-order valence-corrected chi connectivity index (χ3v) is 6.06. The van der Waals surface area contributed by atoms with Crippen molar-refractivity contribution in [1.29, 1.82) is 0 Å². The van der Waals surface area contributed by atoms with E-state index in [1.807, 2.05) is 43.3 Å². The van der Waals surface area contributed by atoms with Crippen LogP contribution in [0.15, 0.2) is 42.5 Å². The SMILES string of the molecule is CN(C)c1cccc(C(=O)NC[C@@H](O)CN2CCC(Oc3ccc(Cl)c(Cl)c3)CC2)c1. The number of amides is 1. The van der Waals surface area contributed by atoms with Gasteiger partial charge in [-0.05, 0) is 43.2 Å². The van der Waals surface area contributed by atoms with Crippen molar-refractivity contribution in [3.63, 3.8) is 0 Å². The molecule has 0 unspecified atom stereocenters. The molecular weight excluding hydrogens is 437 g/mol. The lowest BCUT2D eigenvalue weighted by Gasteiger charge is -2.33. The molecule has 6 nitrogen and oxygen atoms in total. The summed E-state index contributed by atoms with van der Waals surface area (Å²) in [5.41, 5.74) is 1.54. The van der Waals surface area contributed by atoms with E-state index in [0.717, 1.165) is 31.6 Å². The lowest BCUT2D eigenvalue weighted by Crippen LogP contribution is -2.45. The first-order valence-electron chi connectivity index (χ1n) is 10.4. The number of β-amino-alcohol motifs (C(OH)–C–C–N with tert-alkyl or cyclic N) is 1. The molecule has 1 atom stereocenters. The maximum Gasteiger partial charge on any atom is 0.251 e. The number of benzene rings is 2. The molecule has 168 valence electrons. The van der Waals surface area contributed by atoms with Crippen LogP contribution in [-0.4, -0.2) is 68.4 Å². The highest BCUT2D eigenvalue weighted by Crippen LogP contribution is 2.28. The summed E-state index contributed by atoms with van der Waals surface area (Å²) in [6.07, 6.45) is 1.19. The van der Waals surface area contributed by atoms with Gasteiger partial charge in [0.25, 0.3) is 5.91 Å². The topological polar surface area (TPSA) is 65.0 Å². The Hall–Kier alpha value is -1.99. The van der Waals surface area contributed by atoms with Crippen LogP contribution in [0, 0.1) is 0 Å². The van der Waals surface area contributed by atoms with Gasteiger partial charge in [-0.25, -0.2) is 0 Å². The molecule has 1 saturated heterocycles. The number of nitrogens with zero attached hydrogens (tertiary/aromatic N) is 2. The Balaban J connectivity index is 1.39. The number of hydrogen-bond acceptors (Lipinski definition) is 5. The van der Waals surface area contributed by atoms with Gasteiger partial charge in [0.05, 0.1) is 16.1 Å². The number of nitrogens with one attached hydrogen (secondary N) is 1. The molecule has 1 aliphatic rings. The standard InChI is InChI=1S/C23H29Cl2N3O3/c1-27(2)17-5-3-4-16(12-17)23(30)26-14-18(29)15-28-10-8-19(9-11-28)31-20-6-7-21(24)22(25)13-20/h3-7,12-13,18-19,29H,8-11,14-15H2,1-2H3,(H,26,30)/t18-/m1/s1. The molecule has 0 bridgehead atoms. The zero-order valence-corrected chi connectivity index (χ0v) is 19.4. The number of ether oxygens (including phenoxy) is 1. The van der Waals surface area contributed by atoms with Crippen LogP contribution in [0.5, 0.6) is 5.75 Å². The summed E-state index contributed by atoms with van der Waals surface area (Å²) in [6.45, 7) is 2.37. The average molecular weight is 466 g/mol. The molecule has 1 aliphatic heterocycles. The van der Waals surface area contributed by atoms with Crippen molar-refractivity contribution in [3.8, 4) is 5.75 Å². The van der Waals surface area contributed by atoms with Crippen molar-refractivity contribution < 1.29 is 14.6 Å². The second-order valence-corrected chi connectivity index (χ2v) is 8.82. The number of likely N-dealkylation sites (tertiary alicyclic amines) is 1. The third kappa shape index (κ3) is 7.01. The highest BCUT2D eigenvalue weighted by Gasteiger charge is 2.22. The van der Waals surface area contributed by atoms with Gasteiger partial charge in [-0.15, -0.1) is 0 Å². The van der Waals surface area contributed by atoms with Crippen molar-refractivity contribution in [2.75, 3.05) is 45.2 Å². The maximum atomic E-state index is 12.4. The number of piperidine rings is 1. The first-order valence-corrected chi connectivity index (χ1v) is 11.1. The summed E-state index contributed by atoms with van der Waals surface area (Å²) < 4.78 is 6.01. The molecule has 8 heteroatoms. The van der Waals surface area contributed by atoms with E-state index in [2.05, 4.69) is 10.2 Å². The lowest BCUT2D eigenvalue weighted by molar-refractivity contribution is 0.0594. The zero-order valence-electron chi connectivity index (χ0n) is 17.9. The maximum absolute atomic E-state index is 12.4. The number of rotatable bonds is 8. The molecule has 1 amide bonds. The summed E-state index contributed by atoms with van der Waals surface area (Å²) in [4.78, 5) is 16.5. The zero-order chi connectivity index (χ0) is 22.4. The van der Waals surface area contributed by atoms with Gasteiger partial charge in [-0.1, -0.05) is 29.3 Å². The Morgan fingerprint density at radius 3 is 2.61 bits per heavy atom. The second-order valence-electron chi connectivity index (χ2n) is 8.00. The predicted molar refractivity (Wildman–Crippen MR) is 126 cm³/mol. The largest absolute Gasteiger partial charge is 0.490 e. The summed E-state index contributed by atoms with van der Waals surface area (Å²) in [7, 11) is 3.86. The number of carbonyl (C=O) groups is 1. The monoisotopic (exact) mass is 465 g/mol. The molecule has 2 N–H and O–H groups in total. The van der Waals surface area contributed by atoms with Gasteiger partial charge in [0.1, 0.15) is 11.9 Å². The summed E-state index contributed by atoms with van der Waals surface area (Å²) in [6, 6.07) is 12.7. The fourth-order valence-corrected chi connectivity index (χ4v) is 3.84. The fraction of sp³-hybridized carbons (Fsp3) is 0.435. The Morgan fingerprint density at radius 2 is 1.94 bits per heavy atom. The highest BCUT2D eigenvalue weighted by atomic mass is 35.5. The number of carbonyl (C=O) groups excluding carboxylic acids is 1. The minimum atomic E-state index is -0.631. The molecule has 0 aromatic heterocycles. The fourth-order valence-electron chi connectivity index (χ4n) is 3.55. The van der Waals surface area contributed by atoms with Crippen LogP contribution in [0.25, 0.3) is 0 Å². The third-order valence-electron chi connectivity index (χ3n) is 5.32. The smallest absolute Gasteiger partial charge is 0.251 e. The predicted octanol–water partition coefficient (Wildman–Crippen LogP) is 3.69. The van der Waals surface area contributed by atoms with Crippen molar-refractivity contribution >= 4 is 34.8 Å². The molecule has 1 fully saturated rings. The van der Waals surface area contributed by atoms with Crippen LogP contribution in [0.3, 0.4) is 0 Å². The number of hydrogen-bond donors (Lipinski definition) is 2. The second kappa shape index (κ2) is 11.0. The van der Waals surface area contributed by atoms with E-state index in [9.17, 15) is 9.90 Å².